The van der Waals surface area contributed by atoms with Crippen LogP contribution in [-0.4, -0.2) is 5.78 Å². The van der Waals surface area contributed by atoms with Crippen LogP contribution in [0.5, 0.6) is 0 Å². The largest absolute Gasteiger partial charge is 0.290 e. The summed E-state index contributed by atoms with van der Waals surface area (Å²) in [5, 5.41) is 0. The zero-order valence-corrected chi connectivity index (χ0v) is 11.5. The van der Waals surface area contributed by atoms with Crippen molar-refractivity contribution in [2.45, 2.75) is 39.5 Å². The number of carbonyl (C=O) groups is 1. The minimum absolute atomic E-state index is 0.108. The zero-order valence-electron chi connectivity index (χ0n) is 11.5. The summed E-state index contributed by atoms with van der Waals surface area (Å²) in [6, 6.07) is 12.0. The molecule has 1 aromatic carbocycles. The lowest BCUT2D eigenvalue weighted by atomic mass is 10.2. The summed E-state index contributed by atoms with van der Waals surface area (Å²) in [5.74, 6) is 0.108. The van der Waals surface area contributed by atoms with Gasteiger partial charge < -0.3 is 0 Å². The summed E-state index contributed by atoms with van der Waals surface area (Å²) in [5.41, 5.74) is 0. The Balaban J connectivity index is 0.000000397. The van der Waals surface area contributed by atoms with Crippen LogP contribution in [0, 0.1) is 0 Å². The Labute approximate surface area is 111 Å². The van der Waals surface area contributed by atoms with E-state index in [1.54, 1.807) is 12.2 Å². The number of carbonyl (C=O) groups excluding carboxylic acids is 1. The molecule has 0 saturated carbocycles. The summed E-state index contributed by atoms with van der Waals surface area (Å²) in [6.45, 7) is 4.20. The monoisotopic (exact) mass is 244 g/mol. The van der Waals surface area contributed by atoms with E-state index in [0.29, 0.717) is 0 Å². The second-order valence-electron chi connectivity index (χ2n) is 3.94. The molecule has 1 aromatic rings. The van der Waals surface area contributed by atoms with Gasteiger partial charge in [-0.05, 0) is 25.0 Å². The highest BCUT2D eigenvalue weighted by molar-refractivity contribution is 5.99. The fourth-order valence-electron chi connectivity index (χ4n) is 1.17. The lowest BCUT2D eigenvalue weighted by Crippen LogP contribution is -1.84. The fraction of sp³-hybridized carbons (Fsp3) is 0.353. The zero-order chi connectivity index (χ0) is 13.5. The van der Waals surface area contributed by atoms with E-state index in [1.807, 2.05) is 48.6 Å². The van der Waals surface area contributed by atoms with E-state index < -0.39 is 0 Å². The highest BCUT2D eigenvalue weighted by atomic mass is 16.1. The van der Waals surface area contributed by atoms with Gasteiger partial charge in [-0.3, -0.25) is 4.79 Å². The lowest BCUT2D eigenvalue weighted by Gasteiger charge is -1.85. The normalized spacial score (nSPS) is 10.3. The van der Waals surface area contributed by atoms with Crippen LogP contribution in [0.2, 0.25) is 0 Å². The SMILES string of the molecule is CCCC=CC(=O)C=CCCC.c1ccccc1. The molecule has 98 valence electrons. The Morgan fingerprint density at radius 1 is 0.778 bits per heavy atom. The van der Waals surface area contributed by atoms with Crippen LogP contribution in [-0.2, 0) is 4.79 Å². The molecule has 0 amide bonds. The van der Waals surface area contributed by atoms with E-state index in [-0.39, 0.29) is 5.78 Å². The number of benzene rings is 1. The molecule has 1 heteroatoms. The lowest BCUT2D eigenvalue weighted by molar-refractivity contribution is -0.110. The van der Waals surface area contributed by atoms with Crippen molar-refractivity contribution in [2.24, 2.45) is 0 Å². The van der Waals surface area contributed by atoms with Gasteiger partial charge in [0.15, 0.2) is 5.78 Å². The molecule has 0 aliphatic rings. The topological polar surface area (TPSA) is 17.1 Å². The Kier molecular flexibility index (Phi) is 12.2. The van der Waals surface area contributed by atoms with Gasteiger partial charge >= 0.3 is 0 Å². The van der Waals surface area contributed by atoms with Gasteiger partial charge in [-0.2, -0.15) is 0 Å². The predicted octanol–water partition coefficient (Wildman–Crippen LogP) is 4.95. The molecule has 0 atom stereocenters. The van der Waals surface area contributed by atoms with Crippen LogP contribution in [0.4, 0.5) is 0 Å². The number of unbranched alkanes of at least 4 members (excludes halogenated alkanes) is 2. The molecule has 0 fully saturated rings. The van der Waals surface area contributed by atoms with Gasteiger partial charge in [0.25, 0.3) is 0 Å². The standard InChI is InChI=1S/C11H18O.C6H6/c1-3-5-7-9-11(12)10-8-6-4-2;1-2-4-6-5-3-1/h7-10H,3-6H2,1-2H3;1-6H. The Morgan fingerprint density at radius 2 is 1.11 bits per heavy atom. The first-order valence-electron chi connectivity index (χ1n) is 6.68. The van der Waals surface area contributed by atoms with Crippen molar-refractivity contribution in [1.29, 1.82) is 0 Å². The summed E-state index contributed by atoms with van der Waals surface area (Å²) < 4.78 is 0. The minimum atomic E-state index is 0.108. The first-order valence-corrected chi connectivity index (χ1v) is 6.68. The molecular formula is C17H24O. The average molecular weight is 244 g/mol. The molecule has 0 aliphatic carbocycles. The van der Waals surface area contributed by atoms with Crippen LogP contribution in [0.3, 0.4) is 0 Å². The molecule has 0 radical (unpaired) electrons. The van der Waals surface area contributed by atoms with Gasteiger partial charge in [0.2, 0.25) is 0 Å². The van der Waals surface area contributed by atoms with Gasteiger partial charge in [-0.15, -0.1) is 0 Å². The second-order valence-corrected chi connectivity index (χ2v) is 3.94. The highest BCUT2D eigenvalue weighted by Gasteiger charge is 1.85. The maximum absolute atomic E-state index is 11.0. The molecule has 1 nitrogen and oxygen atoms in total. The third kappa shape index (κ3) is 12.4. The summed E-state index contributed by atoms with van der Waals surface area (Å²) in [7, 11) is 0. The van der Waals surface area contributed by atoms with E-state index in [0.717, 1.165) is 25.7 Å². The van der Waals surface area contributed by atoms with E-state index in [2.05, 4.69) is 13.8 Å². The Hall–Kier alpha value is -1.63. The molecule has 0 unspecified atom stereocenters. The molecule has 1 rings (SSSR count). The number of rotatable bonds is 6. The smallest absolute Gasteiger partial charge is 0.177 e. The van der Waals surface area contributed by atoms with Crippen LogP contribution in [0.25, 0.3) is 0 Å². The van der Waals surface area contributed by atoms with Crippen molar-refractivity contribution < 1.29 is 4.79 Å². The van der Waals surface area contributed by atoms with Crippen LogP contribution >= 0.6 is 0 Å². The molecule has 0 heterocycles. The molecule has 0 spiro atoms. The average Bonchev–Trinajstić information content (AvgIpc) is 2.42. The van der Waals surface area contributed by atoms with Gasteiger partial charge in [0.05, 0.1) is 0 Å². The van der Waals surface area contributed by atoms with Crippen molar-refractivity contribution in [2.75, 3.05) is 0 Å². The van der Waals surface area contributed by atoms with E-state index >= 15 is 0 Å². The molecule has 18 heavy (non-hydrogen) atoms. The fourth-order valence-corrected chi connectivity index (χ4v) is 1.17. The minimum Gasteiger partial charge on any atom is -0.290 e. The van der Waals surface area contributed by atoms with Crippen LogP contribution in [0.15, 0.2) is 60.7 Å². The Bertz CT molecular complexity index is 291. The number of hydrogen-bond donors (Lipinski definition) is 0. The summed E-state index contributed by atoms with van der Waals surface area (Å²) in [4.78, 5) is 11.0. The second kappa shape index (κ2) is 13.4. The first kappa shape index (κ1) is 16.4. The van der Waals surface area contributed by atoms with Crippen LogP contribution < -0.4 is 0 Å². The predicted molar refractivity (Wildman–Crippen MR) is 79.5 cm³/mol. The van der Waals surface area contributed by atoms with Gasteiger partial charge in [0.1, 0.15) is 0 Å². The molecule has 0 N–H and O–H groups in total. The van der Waals surface area contributed by atoms with Crippen molar-refractivity contribution in [3.63, 3.8) is 0 Å². The van der Waals surface area contributed by atoms with E-state index in [4.69, 9.17) is 0 Å². The molecule has 0 bridgehead atoms. The highest BCUT2D eigenvalue weighted by Crippen LogP contribution is 1.92. The molecule has 0 aromatic heterocycles. The van der Waals surface area contributed by atoms with Crippen LogP contribution in [0.1, 0.15) is 39.5 Å². The third-order valence-electron chi connectivity index (χ3n) is 2.14. The van der Waals surface area contributed by atoms with Gasteiger partial charge in [-0.25, -0.2) is 0 Å². The summed E-state index contributed by atoms with van der Waals surface area (Å²) in [6.07, 6.45) is 11.3. The summed E-state index contributed by atoms with van der Waals surface area (Å²) >= 11 is 0. The van der Waals surface area contributed by atoms with Gasteiger partial charge in [-0.1, -0.05) is 75.2 Å². The molecular weight excluding hydrogens is 220 g/mol. The number of ketones is 1. The van der Waals surface area contributed by atoms with Crippen molar-refractivity contribution in [3.05, 3.63) is 60.7 Å². The maximum Gasteiger partial charge on any atom is 0.177 e. The first-order chi connectivity index (χ1) is 8.81. The molecule has 0 saturated heterocycles. The van der Waals surface area contributed by atoms with Crippen molar-refractivity contribution in [3.8, 4) is 0 Å². The van der Waals surface area contributed by atoms with E-state index in [1.165, 1.54) is 0 Å². The van der Waals surface area contributed by atoms with E-state index in [9.17, 15) is 4.79 Å². The molecule has 0 aliphatic heterocycles. The van der Waals surface area contributed by atoms with Gasteiger partial charge in [0, 0.05) is 0 Å². The number of allylic oxidation sites excluding steroid dienone is 4. The number of hydrogen-bond acceptors (Lipinski definition) is 1. The Morgan fingerprint density at radius 3 is 1.39 bits per heavy atom. The van der Waals surface area contributed by atoms with Crippen molar-refractivity contribution >= 4 is 5.78 Å². The quantitative estimate of drug-likeness (QED) is 0.647. The maximum atomic E-state index is 11.0. The third-order valence-corrected chi connectivity index (χ3v) is 2.14. The van der Waals surface area contributed by atoms with Crippen molar-refractivity contribution in [1.82, 2.24) is 0 Å².